The highest BCUT2D eigenvalue weighted by molar-refractivity contribution is 5.96. The SMILES string of the molecule is CCCCc1ccc(-c2ccc(CC(=O)NCCC(=O)N[C@@H](CCCCN)C(=O)N(C)[C@@H]3C(=O)N[C@@H](C)C(=O)N[C@H](C(=O)O)Cc4ccc(O)c(c4)-c4cc3ccc4O)cc2)cc1. The van der Waals surface area contributed by atoms with Crippen molar-refractivity contribution >= 4 is 35.5 Å². The van der Waals surface area contributed by atoms with Crippen LogP contribution in [0.3, 0.4) is 0 Å². The van der Waals surface area contributed by atoms with E-state index in [0.29, 0.717) is 24.9 Å². The number of rotatable bonds is 17. The Morgan fingerprint density at radius 1 is 0.810 bits per heavy atom. The molecule has 15 heteroatoms. The summed E-state index contributed by atoms with van der Waals surface area (Å²) >= 11 is 0. The number of hydrogen-bond donors (Lipinski definition) is 8. The number of aromatic hydroxyl groups is 2. The van der Waals surface area contributed by atoms with Crippen LogP contribution >= 0.6 is 0 Å². The van der Waals surface area contributed by atoms with Crippen molar-refractivity contribution in [2.24, 2.45) is 5.73 Å². The van der Waals surface area contributed by atoms with Crippen molar-refractivity contribution in [2.45, 2.75) is 95.8 Å². The maximum absolute atomic E-state index is 14.4. The normalized spacial score (nSPS) is 16.7. The number of unbranched alkanes of at least 4 members (excludes halogenated alkanes) is 2. The number of phenols is 2. The predicted octanol–water partition coefficient (Wildman–Crippen LogP) is 4.27. The molecule has 4 aromatic carbocycles. The lowest BCUT2D eigenvalue weighted by Crippen LogP contribution is -2.54. The van der Waals surface area contributed by atoms with Crippen LogP contribution in [0.15, 0.2) is 84.9 Å². The van der Waals surface area contributed by atoms with Gasteiger partial charge in [-0.3, -0.25) is 24.0 Å². The van der Waals surface area contributed by atoms with Crippen LogP contribution in [-0.4, -0.2) is 94.0 Å². The van der Waals surface area contributed by atoms with E-state index >= 15 is 0 Å². The molecule has 0 saturated heterocycles. The number of carboxylic acid groups (broad SMARTS) is 1. The molecule has 1 aliphatic heterocycles. The number of carbonyl (C=O) groups is 6. The molecule has 5 rings (SSSR count). The van der Waals surface area contributed by atoms with Crippen molar-refractivity contribution in [2.75, 3.05) is 20.1 Å². The van der Waals surface area contributed by atoms with Gasteiger partial charge in [0.15, 0.2) is 0 Å². The van der Waals surface area contributed by atoms with Crippen molar-refractivity contribution in [3.8, 4) is 33.8 Å². The van der Waals surface area contributed by atoms with Gasteiger partial charge in [-0.15, -0.1) is 0 Å². The Labute approximate surface area is 367 Å². The van der Waals surface area contributed by atoms with E-state index in [2.05, 4.69) is 52.5 Å². The number of amides is 5. The van der Waals surface area contributed by atoms with Gasteiger partial charge in [-0.25, -0.2) is 4.79 Å². The number of carboxylic acids is 1. The number of nitrogens with two attached hydrogens (primary N) is 1. The topological polar surface area (TPSA) is 240 Å². The second kappa shape index (κ2) is 22.4. The van der Waals surface area contributed by atoms with Crippen molar-refractivity contribution in [1.82, 2.24) is 26.2 Å². The van der Waals surface area contributed by atoms with Gasteiger partial charge < -0.3 is 47.2 Å². The number of aryl methyl sites for hydroxylation is 1. The molecule has 0 spiro atoms. The maximum Gasteiger partial charge on any atom is 0.326 e. The van der Waals surface area contributed by atoms with Gasteiger partial charge in [-0.05, 0) is 103 Å². The van der Waals surface area contributed by atoms with Crippen molar-refractivity contribution in [3.63, 3.8) is 0 Å². The number of fused-ring (bicyclic) bond motifs is 5. The molecule has 1 heterocycles. The summed E-state index contributed by atoms with van der Waals surface area (Å²) in [4.78, 5) is 81.2. The molecule has 0 fully saturated rings. The number of hydrogen-bond acceptors (Lipinski definition) is 9. The summed E-state index contributed by atoms with van der Waals surface area (Å²) in [6.07, 6.45) is 4.32. The Kier molecular flexibility index (Phi) is 16.8. The van der Waals surface area contributed by atoms with Crippen molar-refractivity contribution in [3.05, 3.63) is 107 Å². The summed E-state index contributed by atoms with van der Waals surface area (Å²) in [6, 6.07) is 19.5. The first-order chi connectivity index (χ1) is 30.2. The minimum Gasteiger partial charge on any atom is -0.507 e. The fraction of sp³-hybridized carbons (Fsp3) is 0.375. The van der Waals surface area contributed by atoms with Gasteiger partial charge in [-0.1, -0.05) is 74.0 Å². The van der Waals surface area contributed by atoms with Crippen LogP contribution < -0.4 is 27.0 Å². The van der Waals surface area contributed by atoms with Crippen LogP contribution in [0.1, 0.15) is 80.7 Å². The molecule has 9 N–H and O–H groups in total. The van der Waals surface area contributed by atoms with E-state index in [1.165, 1.54) is 55.9 Å². The van der Waals surface area contributed by atoms with Crippen LogP contribution in [0.4, 0.5) is 0 Å². The zero-order valence-corrected chi connectivity index (χ0v) is 36.0. The second-order valence-corrected chi connectivity index (χ2v) is 16.0. The molecule has 0 aliphatic carbocycles. The fourth-order valence-electron chi connectivity index (χ4n) is 7.52. The number of phenolic OH excluding ortho intramolecular Hbond substituents is 2. The third-order valence-electron chi connectivity index (χ3n) is 11.2. The zero-order chi connectivity index (χ0) is 45.6. The van der Waals surface area contributed by atoms with Crippen molar-refractivity contribution < 1.29 is 44.1 Å². The Morgan fingerprint density at radius 2 is 1.44 bits per heavy atom. The number of carbonyl (C=O) groups excluding carboxylic acids is 5. The summed E-state index contributed by atoms with van der Waals surface area (Å²) in [5.74, 6) is -4.89. The minimum atomic E-state index is -1.44. The van der Waals surface area contributed by atoms with E-state index in [4.69, 9.17) is 5.73 Å². The number of benzene rings is 4. The molecule has 63 heavy (non-hydrogen) atoms. The van der Waals surface area contributed by atoms with E-state index in [9.17, 15) is 44.1 Å². The first kappa shape index (κ1) is 47.3. The van der Waals surface area contributed by atoms with Crippen LogP contribution in [0, 0.1) is 0 Å². The molecule has 334 valence electrons. The van der Waals surface area contributed by atoms with E-state index < -0.39 is 53.8 Å². The number of aliphatic carboxylic acids is 1. The third kappa shape index (κ3) is 12.9. The fourth-order valence-corrected chi connectivity index (χ4v) is 7.52. The molecule has 0 radical (unpaired) electrons. The van der Waals surface area contributed by atoms with Crippen LogP contribution in [0.25, 0.3) is 22.3 Å². The van der Waals surface area contributed by atoms with Gasteiger partial charge in [0.2, 0.25) is 29.5 Å². The quantitative estimate of drug-likeness (QED) is 0.0702. The smallest absolute Gasteiger partial charge is 0.326 e. The van der Waals surface area contributed by atoms with Crippen LogP contribution in [0.2, 0.25) is 0 Å². The summed E-state index contributed by atoms with van der Waals surface area (Å²) in [5.41, 5.74) is 10.8. The average molecular weight is 863 g/mol. The number of likely N-dealkylation sites (N-methyl/N-ethyl adjacent to an activating group) is 1. The molecule has 4 bridgehead atoms. The van der Waals surface area contributed by atoms with Gasteiger partial charge in [-0.2, -0.15) is 0 Å². The van der Waals surface area contributed by atoms with Gasteiger partial charge in [0.25, 0.3) is 0 Å². The second-order valence-electron chi connectivity index (χ2n) is 16.0. The first-order valence-corrected chi connectivity index (χ1v) is 21.4. The van der Waals surface area contributed by atoms with E-state index in [1.54, 1.807) is 0 Å². The summed E-state index contributed by atoms with van der Waals surface area (Å²) in [7, 11) is 1.37. The van der Waals surface area contributed by atoms with Gasteiger partial charge in [0.1, 0.15) is 35.7 Å². The lowest BCUT2D eigenvalue weighted by molar-refractivity contribution is -0.144. The van der Waals surface area contributed by atoms with Crippen molar-refractivity contribution in [1.29, 1.82) is 0 Å². The number of nitrogens with zero attached hydrogens (tertiary/aromatic N) is 1. The summed E-state index contributed by atoms with van der Waals surface area (Å²) in [6.45, 7) is 3.89. The first-order valence-electron chi connectivity index (χ1n) is 21.4. The van der Waals surface area contributed by atoms with Crippen LogP contribution in [-0.2, 0) is 48.0 Å². The Bertz CT molecular complexity index is 2260. The molecule has 4 atom stereocenters. The highest BCUT2D eigenvalue weighted by Gasteiger charge is 2.36. The third-order valence-corrected chi connectivity index (χ3v) is 11.2. The van der Waals surface area contributed by atoms with E-state index in [-0.39, 0.29) is 66.3 Å². The van der Waals surface area contributed by atoms with Gasteiger partial charge >= 0.3 is 5.97 Å². The Balaban J connectivity index is 1.29. The lowest BCUT2D eigenvalue weighted by Gasteiger charge is -2.32. The molecule has 5 amide bonds. The summed E-state index contributed by atoms with van der Waals surface area (Å²) in [5, 5.41) is 42.3. The molecule has 0 aromatic heterocycles. The Hall–Kier alpha value is -6.74. The molecule has 1 aliphatic rings. The monoisotopic (exact) mass is 862 g/mol. The predicted molar refractivity (Wildman–Crippen MR) is 238 cm³/mol. The van der Waals surface area contributed by atoms with E-state index in [1.807, 2.05) is 24.3 Å². The standard InChI is InChI=1S/C48H58N6O9/c1-4-5-8-30-10-15-33(16-11-30)34-17-12-31(13-18-34)27-43(58)50-24-22-42(57)52-38(9-6-7-23-49)47(61)54(3)44-35-19-21-41(56)37(28-35)36-25-32(14-20-40(36)55)26-39(48(62)63)53-45(59)29(2)51-46(44)60/h10-21,25,28-29,38-39,44,55-56H,4-9,22-24,26-27,49H2,1-3H3,(H,50,58)(H,51,60)(H,52,57)(H,53,59)(H,62,63)/t29-,38-,39-,44-/m0/s1. The molecule has 15 nitrogen and oxygen atoms in total. The summed E-state index contributed by atoms with van der Waals surface area (Å²) < 4.78 is 0. The average Bonchev–Trinajstić information content (AvgIpc) is 3.26. The molecular formula is C48H58N6O9. The minimum absolute atomic E-state index is 0.00469. The largest absolute Gasteiger partial charge is 0.507 e. The Morgan fingerprint density at radius 3 is 2.08 bits per heavy atom. The molecular weight excluding hydrogens is 805 g/mol. The lowest BCUT2D eigenvalue weighted by atomic mass is 9.93. The van der Waals surface area contributed by atoms with Gasteiger partial charge in [0, 0.05) is 37.6 Å². The zero-order valence-electron chi connectivity index (χ0n) is 36.0. The van der Waals surface area contributed by atoms with Gasteiger partial charge in [0.05, 0.1) is 6.42 Å². The maximum atomic E-state index is 14.4. The molecule has 4 aromatic rings. The molecule has 0 unspecified atom stereocenters. The van der Waals surface area contributed by atoms with Crippen LogP contribution in [0.5, 0.6) is 11.5 Å². The van der Waals surface area contributed by atoms with E-state index in [0.717, 1.165) is 40.9 Å². The highest BCUT2D eigenvalue weighted by atomic mass is 16.4. The number of nitrogens with one attached hydrogen (secondary N) is 4. The highest BCUT2D eigenvalue weighted by Crippen LogP contribution is 2.39. The molecule has 0 saturated carbocycles.